The number of likely N-dealkylation sites (N-methyl/N-ethyl adjacent to an activating group) is 1. The van der Waals surface area contributed by atoms with Crippen molar-refractivity contribution in [2.45, 2.75) is 13.5 Å². The largest absolute Gasteiger partial charge is 0.338 e. The molecule has 0 aliphatic carbocycles. The lowest BCUT2D eigenvalue weighted by atomic mass is 10.5. The minimum Gasteiger partial charge on any atom is -0.338 e. The van der Waals surface area contributed by atoms with Gasteiger partial charge in [0.2, 0.25) is 5.89 Å². The van der Waals surface area contributed by atoms with E-state index in [9.17, 15) is 0 Å². The van der Waals surface area contributed by atoms with Crippen LogP contribution in [0.25, 0.3) is 0 Å². The molecule has 0 unspecified atom stereocenters. The molecule has 1 heterocycles. The van der Waals surface area contributed by atoms with E-state index in [0.29, 0.717) is 18.3 Å². The van der Waals surface area contributed by atoms with Crippen molar-refractivity contribution in [1.82, 2.24) is 20.4 Å². The Balaban J connectivity index is 2.13. The van der Waals surface area contributed by atoms with Crippen LogP contribution in [0, 0.1) is 6.92 Å². The van der Waals surface area contributed by atoms with E-state index in [0.717, 1.165) is 13.1 Å². The molecule has 1 aromatic heterocycles. The molecule has 0 saturated carbocycles. The Kier molecular flexibility index (Phi) is 3.85. The van der Waals surface area contributed by atoms with Crippen molar-refractivity contribution in [3.63, 3.8) is 0 Å². The van der Waals surface area contributed by atoms with Gasteiger partial charge in [-0.15, -0.1) is 0 Å². The maximum absolute atomic E-state index is 4.93. The molecule has 1 N–H and O–H groups in total. The number of nitrogens with one attached hydrogen (secondary N) is 1. The van der Waals surface area contributed by atoms with Crippen molar-refractivity contribution in [3.8, 4) is 0 Å². The Morgan fingerprint density at radius 1 is 1.46 bits per heavy atom. The van der Waals surface area contributed by atoms with Gasteiger partial charge in [-0.25, -0.2) is 0 Å². The van der Waals surface area contributed by atoms with Gasteiger partial charge in [0.25, 0.3) is 0 Å². The van der Waals surface area contributed by atoms with Crippen molar-refractivity contribution in [1.29, 1.82) is 0 Å². The van der Waals surface area contributed by atoms with Crippen LogP contribution in [0.4, 0.5) is 0 Å². The fourth-order valence-electron chi connectivity index (χ4n) is 0.910. The number of rotatable bonds is 5. The second kappa shape index (κ2) is 4.94. The van der Waals surface area contributed by atoms with Crippen LogP contribution < -0.4 is 5.32 Å². The van der Waals surface area contributed by atoms with E-state index in [1.165, 1.54) is 0 Å². The highest BCUT2D eigenvalue weighted by Gasteiger charge is 2.00. The number of hydrogen-bond acceptors (Lipinski definition) is 5. The summed E-state index contributed by atoms with van der Waals surface area (Å²) in [5, 5.41) is 6.90. The van der Waals surface area contributed by atoms with Gasteiger partial charge in [-0.1, -0.05) is 5.16 Å². The number of nitrogens with zero attached hydrogens (tertiary/aromatic N) is 3. The molecule has 74 valence electrons. The smallest absolute Gasteiger partial charge is 0.240 e. The van der Waals surface area contributed by atoms with Crippen molar-refractivity contribution in [3.05, 3.63) is 11.7 Å². The van der Waals surface area contributed by atoms with E-state index >= 15 is 0 Å². The number of aromatic nitrogens is 2. The summed E-state index contributed by atoms with van der Waals surface area (Å²) in [5.74, 6) is 1.33. The average molecular weight is 184 g/mol. The van der Waals surface area contributed by atoms with E-state index in [1.54, 1.807) is 0 Å². The molecule has 1 aromatic rings. The number of aryl methyl sites for hydroxylation is 1. The van der Waals surface area contributed by atoms with Gasteiger partial charge in [-0.2, -0.15) is 4.98 Å². The third-order valence-corrected chi connectivity index (χ3v) is 1.58. The minimum absolute atomic E-state index is 0.648. The van der Waals surface area contributed by atoms with Gasteiger partial charge in [0.15, 0.2) is 5.82 Å². The molecule has 0 bridgehead atoms. The van der Waals surface area contributed by atoms with Gasteiger partial charge in [0.1, 0.15) is 0 Å². The normalized spacial score (nSPS) is 11.1. The van der Waals surface area contributed by atoms with E-state index in [2.05, 4.69) is 20.4 Å². The minimum atomic E-state index is 0.648. The molecule has 0 amide bonds. The van der Waals surface area contributed by atoms with Crippen molar-refractivity contribution >= 4 is 0 Å². The lowest BCUT2D eigenvalue weighted by molar-refractivity contribution is 0.353. The van der Waals surface area contributed by atoms with Crippen molar-refractivity contribution < 1.29 is 4.52 Å². The highest BCUT2D eigenvalue weighted by molar-refractivity contribution is 4.81. The van der Waals surface area contributed by atoms with Crippen LogP contribution in [0.15, 0.2) is 4.52 Å². The maximum atomic E-state index is 4.93. The fourth-order valence-corrected chi connectivity index (χ4v) is 0.910. The average Bonchev–Trinajstić information content (AvgIpc) is 2.45. The third kappa shape index (κ3) is 4.00. The molecule has 5 heteroatoms. The van der Waals surface area contributed by atoms with E-state index in [4.69, 9.17) is 4.52 Å². The fraction of sp³-hybridized carbons (Fsp3) is 0.750. The third-order valence-electron chi connectivity index (χ3n) is 1.58. The SMILES string of the molecule is Cc1noc(CNCCN(C)C)n1. The van der Waals surface area contributed by atoms with Gasteiger partial charge < -0.3 is 14.7 Å². The zero-order valence-electron chi connectivity index (χ0n) is 8.37. The van der Waals surface area contributed by atoms with Gasteiger partial charge in [0.05, 0.1) is 6.54 Å². The van der Waals surface area contributed by atoms with E-state index in [1.807, 2.05) is 21.0 Å². The molecular weight excluding hydrogens is 168 g/mol. The summed E-state index contributed by atoms with van der Waals surface area (Å²) >= 11 is 0. The monoisotopic (exact) mass is 184 g/mol. The quantitative estimate of drug-likeness (QED) is 0.654. The molecule has 0 aliphatic rings. The summed E-state index contributed by atoms with van der Waals surface area (Å²) in [6, 6.07) is 0. The summed E-state index contributed by atoms with van der Waals surface area (Å²) in [6.07, 6.45) is 0. The van der Waals surface area contributed by atoms with Gasteiger partial charge in [-0.05, 0) is 21.0 Å². The number of hydrogen-bond donors (Lipinski definition) is 1. The molecule has 0 atom stereocenters. The van der Waals surface area contributed by atoms with Crippen LogP contribution in [0.5, 0.6) is 0 Å². The Morgan fingerprint density at radius 3 is 2.77 bits per heavy atom. The van der Waals surface area contributed by atoms with Crippen LogP contribution in [-0.2, 0) is 6.54 Å². The molecule has 0 spiro atoms. The maximum Gasteiger partial charge on any atom is 0.240 e. The van der Waals surface area contributed by atoms with Crippen LogP contribution in [-0.4, -0.2) is 42.2 Å². The summed E-state index contributed by atoms with van der Waals surface area (Å²) in [6.45, 7) is 4.39. The zero-order chi connectivity index (χ0) is 9.68. The van der Waals surface area contributed by atoms with Gasteiger partial charge in [-0.3, -0.25) is 0 Å². The lowest BCUT2D eigenvalue weighted by Gasteiger charge is -2.08. The second-order valence-electron chi connectivity index (χ2n) is 3.22. The van der Waals surface area contributed by atoms with Crippen LogP contribution in [0.2, 0.25) is 0 Å². The summed E-state index contributed by atoms with van der Waals surface area (Å²) < 4.78 is 4.93. The Hall–Kier alpha value is -0.940. The van der Waals surface area contributed by atoms with Gasteiger partial charge in [0, 0.05) is 13.1 Å². The Bertz CT molecular complexity index is 246. The predicted octanol–water partition coefficient (Wildman–Crippen LogP) is 0.0292. The highest BCUT2D eigenvalue weighted by Crippen LogP contribution is 1.93. The van der Waals surface area contributed by atoms with E-state index in [-0.39, 0.29) is 0 Å². The van der Waals surface area contributed by atoms with Crippen LogP contribution in [0.1, 0.15) is 11.7 Å². The van der Waals surface area contributed by atoms with Crippen molar-refractivity contribution in [2.24, 2.45) is 0 Å². The first-order chi connectivity index (χ1) is 6.18. The Labute approximate surface area is 78.1 Å². The molecule has 0 radical (unpaired) electrons. The van der Waals surface area contributed by atoms with Crippen LogP contribution in [0.3, 0.4) is 0 Å². The zero-order valence-corrected chi connectivity index (χ0v) is 8.37. The molecular formula is C8H16N4O. The molecule has 0 aromatic carbocycles. The first kappa shape index (κ1) is 10.1. The molecule has 0 aliphatic heterocycles. The molecule has 13 heavy (non-hydrogen) atoms. The van der Waals surface area contributed by atoms with Gasteiger partial charge >= 0.3 is 0 Å². The molecule has 1 rings (SSSR count). The second-order valence-corrected chi connectivity index (χ2v) is 3.22. The molecule has 0 fully saturated rings. The van der Waals surface area contributed by atoms with Crippen molar-refractivity contribution in [2.75, 3.05) is 27.2 Å². The lowest BCUT2D eigenvalue weighted by Crippen LogP contribution is -2.26. The molecule has 0 saturated heterocycles. The summed E-state index contributed by atoms with van der Waals surface area (Å²) in [7, 11) is 4.08. The first-order valence-electron chi connectivity index (χ1n) is 4.33. The van der Waals surface area contributed by atoms with E-state index < -0.39 is 0 Å². The highest BCUT2D eigenvalue weighted by atomic mass is 16.5. The molecule has 5 nitrogen and oxygen atoms in total. The Morgan fingerprint density at radius 2 is 2.23 bits per heavy atom. The predicted molar refractivity (Wildman–Crippen MR) is 49.3 cm³/mol. The summed E-state index contributed by atoms with van der Waals surface area (Å²) in [5.41, 5.74) is 0. The first-order valence-corrected chi connectivity index (χ1v) is 4.33. The standard InChI is InChI=1S/C8H16N4O/c1-7-10-8(13-11-7)6-9-4-5-12(2)3/h9H,4-6H2,1-3H3. The summed E-state index contributed by atoms with van der Waals surface area (Å²) in [4.78, 5) is 6.19. The van der Waals surface area contributed by atoms with Crippen LogP contribution >= 0.6 is 0 Å². The topological polar surface area (TPSA) is 54.2 Å².